The van der Waals surface area contributed by atoms with E-state index in [0.717, 1.165) is 58.0 Å². The van der Waals surface area contributed by atoms with Crippen molar-refractivity contribution < 1.29 is 23.9 Å². The maximum Gasteiger partial charge on any atom is 0.227 e. The van der Waals surface area contributed by atoms with Gasteiger partial charge in [0.25, 0.3) is 0 Å². The van der Waals surface area contributed by atoms with Crippen LogP contribution in [0.5, 0.6) is 11.5 Å². The van der Waals surface area contributed by atoms with Gasteiger partial charge in [0.2, 0.25) is 17.7 Å². The van der Waals surface area contributed by atoms with Crippen molar-refractivity contribution >= 4 is 29.1 Å². The summed E-state index contributed by atoms with van der Waals surface area (Å²) < 4.78 is 10.9. The van der Waals surface area contributed by atoms with Gasteiger partial charge in [-0.2, -0.15) is 0 Å². The number of ether oxygens (including phenoxy) is 2. The van der Waals surface area contributed by atoms with E-state index in [1.165, 1.54) is 20.6 Å². The molecule has 8 nitrogen and oxygen atoms in total. The Labute approximate surface area is 190 Å². The Morgan fingerprint density at radius 2 is 1.41 bits per heavy atom. The fourth-order valence-corrected chi connectivity index (χ4v) is 4.43. The van der Waals surface area contributed by atoms with Gasteiger partial charge in [-0.25, -0.2) is 0 Å². The van der Waals surface area contributed by atoms with Crippen molar-refractivity contribution in [2.24, 2.45) is 5.92 Å². The van der Waals surface area contributed by atoms with Crippen LogP contribution < -0.4 is 20.1 Å². The molecule has 176 valence electrons. The number of piperidine rings is 1. The first-order valence-electron chi connectivity index (χ1n) is 11.7. The van der Waals surface area contributed by atoms with Gasteiger partial charge < -0.3 is 25.0 Å². The van der Waals surface area contributed by atoms with E-state index in [1.54, 1.807) is 12.1 Å². The molecule has 0 bridgehead atoms. The lowest BCUT2D eigenvalue weighted by Gasteiger charge is -2.26. The average molecular weight is 446 g/mol. The lowest BCUT2D eigenvalue weighted by atomic mass is 9.88. The van der Waals surface area contributed by atoms with E-state index in [1.807, 2.05) is 4.90 Å². The van der Waals surface area contributed by atoms with Crippen LogP contribution in [0.2, 0.25) is 0 Å². The third-order valence-electron chi connectivity index (χ3n) is 6.30. The van der Waals surface area contributed by atoms with E-state index in [4.69, 9.17) is 9.47 Å². The number of amides is 3. The maximum atomic E-state index is 12.7. The molecule has 3 rings (SSSR count). The van der Waals surface area contributed by atoms with Crippen LogP contribution >= 0.6 is 0 Å². The topological polar surface area (TPSA) is 97.0 Å². The predicted molar refractivity (Wildman–Crippen MR) is 123 cm³/mol. The predicted octanol–water partition coefficient (Wildman–Crippen LogP) is 3.95. The van der Waals surface area contributed by atoms with Crippen LogP contribution in [0.25, 0.3) is 0 Å². The van der Waals surface area contributed by atoms with Gasteiger partial charge in [0.15, 0.2) is 0 Å². The van der Waals surface area contributed by atoms with Crippen LogP contribution in [-0.4, -0.2) is 49.9 Å². The number of benzene rings is 1. The molecule has 1 aliphatic heterocycles. The largest absolute Gasteiger partial charge is 0.494 e. The molecule has 32 heavy (non-hydrogen) atoms. The molecule has 1 saturated carbocycles. The monoisotopic (exact) mass is 445 g/mol. The van der Waals surface area contributed by atoms with Gasteiger partial charge in [0, 0.05) is 44.0 Å². The number of rotatable bonds is 8. The summed E-state index contributed by atoms with van der Waals surface area (Å²) in [6.07, 6.45) is 8.61. The molecule has 1 heterocycles. The van der Waals surface area contributed by atoms with Crippen LogP contribution in [0.1, 0.15) is 64.2 Å². The summed E-state index contributed by atoms with van der Waals surface area (Å²) in [7, 11) is 3.02. The van der Waals surface area contributed by atoms with Gasteiger partial charge >= 0.3 is 0 Å². The summed E-state index contributed by atoms with van der Waals surface area (Å²) in [6.45, 7) is 1.55. The second-order valence-corrected chi connectivity index (χ2v) is 8.57. The number of nitrogens with one attached hydrogen (secondary N) is 2. The average Bonchev–Trinajstić information content (AvgIpc) is 2.84. The molecule has 1 saturated heterocycles. The molecule has 1 aliphatic carbocycles. The smallest absolute Gasteiger partial charge is 0.227 e. The molecule has 2 N–H and O–H groups in total. The first-order chi connectivity index (χ1) is 15.5. The Balaban J connectivity index is 1.62. The first-order valence-corrected chi connectivity index (χ1v) is 11.7. The highest BCUT2D eigenvalue weighted by atomic mass is 16.5. The summed E-state index contributed by atoms with van der Waals surface area (Å²) in [5.74, 6) is 0.601. The molecule has 1 aromatic rings. The zero-order chi connectivity index (χ0) is 22.9. The van der Waals surface area contributed by atoms with Gasteiger partial charge in [0.05, 0.1) is 25.6 Å². The number of hydrogen-bond acceptors (Lipinski definition) is 5. The number of nitrogens with zero attached hydrogens (tertiary/aromatic N) is 1. The normalized spacial score (nSPS) is 16.9. The Hall–Kier alpha value is -2.77. The molecule has 3 amide bonds. The Morgan fingerprint density at radius 3 is 2.00 bits per heavy atom. The highest BCUT2D eigenvalue weighted by Crippen LogP contribution is 2.37. The molecule has 1 aromatic carbocycles. The van der Waals surface area contributed by atoms with Crippen molar-refractivity contribution in [1.82, 2.24) is 4.90 Å². The fourth-order valence-electron chi connectivity index (χ4n) is 4.43. The number of carbonyl (C=O) groups excluding carboxylic acids is 3. The highest BCUT2D eigenvalue weighted by molar-refractivity contribution is 5.98. The van der Waals surface area contributed by atoms with E-state index >= 15 is 0 Å². The second-order valence-electron chi connectivity index (χ2n) is 8.57. The molecular weight excluding hydrogens is 410 g/mol. The number of methoxy groups -OCH3 is 2. The van der Waals surface area contributed by atoms with Crippen molar-refractivity contribution in [2.45, 2.75) is 64.2 Å². The second kappa shape index (κ2) is 11.7. The Morgan fingerprint density at radius 1 is 0.844 bits per heavy atom. The maximum absolute atomic E-state index is 12.7. The summed E-state index contributed by atoms with van der Waals surface area (Å²) in [6, 6.07) is 3.30. The van der Waals surface area contributed by atoms with Crippen LogP contribution in [-0.2, 0) is 14.4 Å². The lowest BCUT2D eigenvalue weighted by Crippen LogP contribution is -2.35. The fraction of sp³-hybridized carbons (Fsp3) is 0.625. The third-order valence-corrected chi connectivity index (χ3v) is 6.30. The van der Waals surface area contributed by atoms with Crippen LogP contribution in [0.3, 0.4) is 0 Å². The van der Waals surface area contributed by atoms with Gasteiger partial charge in [0.1, 0.15) is 11.5 Å². The Kier molecular flexibility index (Phi) is 8.76. The van der Waals surface area contributed by atoms with Crippen LogP contribution in [0, 0.1) is 5.92 Å². The molecular formula is C24H35N3O5. The van der Waals surface area contributed by atoms with Crippen molar-refractivity contribution in [3.05, 3.63) is 12.1 Å². The summed E-state index contributed by atoms with van der Waals surface area (Å²) >= 11 is 0. The molecule has 0 radical (unpaired) electrons. The molecule has 2 aliphatic rings. The van der Waals surface area contributed by atoms with Gasteiger partial charge in [-0.1, -0.05) is 19.3 Å². The minimum absolute atomic E-state index is 0.0104. The summed E-state index contributed by atoms with van der Waals surface area (Å²) in [5, 5.41) is 5.77. The highest BCUT2D eigenvalue weighted by Gasteiger charge is 2.23. The number of anilines is 2. The molecule has 0 atom stereocenters. The van der Waals surface area contributed by atoms with Crippen molar-refractivity contribution in [1.29, 1.82) is 0 Å². The lowest BCUT2D eigenvalue weighted by molar-refractivity contribution is -0.133. The quantitative estimate of drug-likeness (QED) is 0.631. The third kappa shape index (κ3) is 6.37. The molecule has 2 fully saturated rings. The van der Waals surface area contributed by atoms with Crippen molar-refractivity contribution in [3.63, 3.8) is 0 Å². The standard InChI is InChI=1S/C24H35N3O5/c1-31-20-16-19(26-24(30)17-9-5-3-6-10-17)21(32-2)15-18(20)25-22(28)11-12-23(29)27-13-7-4-8-14-27/h15-17H,3-14H2,1-2H3,(H,25,28)(H,26,30). The SMILES string of the molecule is COc1cc(NC(=O)C2CCCCC2)c(OC)cc1NC(=O)CCC(=O)N1CCCCC1. The molecule has 0 aromatic heterocycles. The molecule has 8 heteroatoms. The molecule has 0 spiro atoms. The van der Waals surface area contributed by atoms with Gasteiger partial charge in [-0.05, 0) is 32.1 Å². The van der Waals surface area contributed by atoms with E-state index in [9.17, 15) is 14.4 Å². The van der Waals surface area contributed by atoms with E-state index in [0.29, 0.717) is 22.9 Å². The minimum atomic E-state index is -0.269. The van der Waals surface area contributed by atoms with Crippen molar-refractivity contribution in [3.8, 4) is 11.5 Å². The van der Waals surface area contributed by atoms with E-state index in [-0.39, 0.29) is 36.5 Å². The Bertz CT molecular complexity index is 814. The van der Waals surface area contributed by atoms with Gasteiger partial charge in [-0.3, -0.25) is 14.4 Å². The number of likely N-dealkylation sites (tertiary alicyclic amines) is 1. The molecule has 0 unspecified atom stereocenters. The van der Waals surface area contributed by atoms with Crippen molar-refractivity contribution in [2.75, 3.05) is 37.9 Å². The first kappa shape index (κ1) is 23.9. The van der Waals surface area contributed by atoms with E-state index < -0.39 is 0 Å². The van der Waals surface area contributed by atoms with Crippen LogP contribution in [0.15, 0.2) is 12.1 Å². The van der Waals surface area contributed by atoms with Gasteiger partial charge in [-0.15, -0.1) is 0 Å². The summed E-state index contributed by atoms with van der Waals surface area (Å²) in [4.78, 5) is 39.3. The number of carbonyl (C=O) groups is 3. The summed E-state index contributed by atoms with van der Waals surface area (Å²) in [5.41, 5.74) is 0.952. The minimum Gasteiger partial charge on any atom is -0.494 e. The number of hydrogen-bond donors (Lipinski definition) is 2. The zero-order valence-corrected chi connectivity index (χ0v) is 19.2. The van der Waals surface area contributed by atoms with E-state index in [2.05, 4.69) is 10.6 Å². The zero-order valence-electron chi connectivity index (χ0n) is 19.2. The van der Waals surface area contributed by atoms with Crippen LogP contribution in [0.4, 0.5) is 11.4 Å².